The molecule has 90 valence electrons. The summed E-state index contributed by atoms with van der Waals surface area (Å²) in [5.74, 6) is 1.85. The van der Waals surface area contributed by atoms with E-state index in [9.17, 15) is 0 Å². The minimum absolute atomic E-state index is 0.525. The first kappa shape index (κ1) is 12.1. The third-order valence-electron chi connectivity index (χ3n) is 3.73. The molecule has 0 saturated heterocycles. The van der Waals surface area contributed by atoms with Crippen LogP contribution in [0.5, 0.6) is 0 Å². The van der Waals surface area contributed by atoms with Crippen molar-refractivity contribution in [3.8, 4) is 0 Å². The number of hydrogen-bond donors (Lipinski definition) is 1. The van der Waals surface area contributed by atoms with Gasteiger partial charge in [-0.3, -0.25) is 0 Å². The van der Waals surface area contributed by atoms with Gasteiger partial charge in [0.05, 0.1) is 0 Å². The van der Waals surface area contributed by atoms with Gasteiger partial charge in [0.15, 0.2) is 0 Å². The molecular weight excluding hydrogens is 214 g/mol. The molecule has 1 heterocycles. The third kappa shape index (κ3) is 3.33. The zero-order chi connectivity index (χ0) is 11.4. The number of thiophene rings is 1. The van der Waals surface area contributed by atoms with Gasteiger partial charge < -0.3 is 5.32 Å². The van der Waals surface area contributed by atoms with Crippen LogP contribution in [0.1, 0.15) is 50.4 Å². The molecule has 1 N–H and O–H groups in total. The molecule has 0 aliphatic heterocycles. The summed E-state index contributed by atoms with van der Waals surface area (Å²) in [5, 5.41) is 5.85. The summed E-state index contributed by atoms with van der Waals surface area (Å²) in [6, 6.07) is 4.89. The second-order valence-electron chi connectivity index (χ2n) is 5.28. The minimum atomic E-state index is 0.525. The Bertz CT molecular complexity index is 294. The lowest BCUT2D eigenvalue weighted by Gasteiger charge is -2.28. The number of rotatable bonds is 4. The van der Waals surface area contributed by atoms with Crippen LogP contribution in [0, 0.1) is 11.8 Å². The van der Waals surface area contributed by atoms with Gasteiger partial charge in [-0.2, -0.15) is 0 Å². The highest BCUT2D eigenvalue weighted by molar-refractivity contribution is 7.10. The average molecular weight is 237 g/mol. The van der Waals surface area contributed by atoms with Crippen LogP contribution in [0.3, 0.4) is 0 Å². The summed E-state index contributed by atoms with van der Waals surface area (Å²) < 4.78 is 0. The zero-order valence-corrected chi connectivity index (χ0v) is 11.2. The molecule has 1 aliphatic rings. The predicted octanol–water partition coefficient (Wildman–Crippen LogP) is 4.23. The van der Waals surface area contributed by atoms with E-state index >= 15 is 0 Å². The van der Waals surface area contributed by atoms with Crippen LogP contribution < -0.4 is 5.32 Å². The van der Waals surface area contributed by atoms with Gasteiger partial charge in [-0.1, -0.05) is 25.8 Å². The molecule has 1 aromatic heterocycles. The molecule has 0 radical (unpaired) electrons. The molecular formula is C14H23NS. The standard InChI is InChI=1S/C14H23NS/c1-11-5-3-6-13(9-11)10-15-12(2)14-7-4-8-16-14/h4,7-8,11-13,15H,3,5-6,9-10H2,1-2H3. The molecule has 0 amide bonds. The molecule has 3 unspecified atom stereocenters. The lowest BCUT2D eigenvalue weighted by atomic mass is 9.82. The fraction of sp³-hybridized carbons (Fsp3) is 0.714. The van der Waals surface area contributed by atoms with Crippen molar-refractivity contribution in [1.82, 2.24) is 5.32 Å². The maximum atomic E-state index is 3.69. The van der Waals surface area contributed by atoms with Gasteiger partial charge in [0.2, 0.25) is 0 Å². The van der Waals surface area contributed by atoms with Gasteiger partial charge >= 0.3 is 0 Å². The molecule has 0 aromatic carbocycles. The van der Waals surface area contributed by atoms with Gasteiger partial charge in [-0.25, -0.2) is 0 Å². The molecule has 0 bridgehead atoms. The Morgan fingerprint density at radius 1 is 1.50 bits per heavy atom. The summed E-state index contributed by atoms with van der Waals surface area (Å²) in [5.41, 5.74) is 0. The molecule has 1 aromatic rings. The first-order valence-electron chi connectivity index (χ1n) is 6.52. The van der Waals surface area contributed by atoms with Crippen molar-refractivity contribution >= 4 is 11.3 Å². The van der Waals surface area contributed by atoms with Gasteiger partial charge in [0.1, 0.15) is 0 Å². The molecule has 0 spiro atoms. The second kappa shape index (κ2) is 5.83. The van der Waals surface area contributed by atoms with E-state index in [0.717, 1.165) is 11.8 Å². The predicted molar refractivity (Wildman–Crippen MR) is 71.9 cm³/mol. The second-order valence-corrected chi connectivity index (χ2v) is 6.26. The molecule has 1 saturated carbocycles. The third-order valence-corrected chi connectivity index (χ3v) is 4.78. The van der Waals surface area contributed by atoms with Gasteiger partial charge in [0.25, 0.3) is 0 Å². The van der Waals surface area contributed by atoms with Crippen LogP contribution in [0.4, 0.5) is 0 Å². The molecule has 16 heavy (non-hydrogen) atoms. The van der Waals surface area contributed by atoms with Crippen LogP contribution >= 0.6 is 11.3 Å². The fourth-order valence-electron chi connectivity index (χ4n) is 2.73. The quantitative estimate of drug-likeness (QED) is 0.826. The Morgan fingerprint density at radius 3 is 3.06 bits per heavy atom. The molecule has 1 aliphatic carbocycles. The Morgan fingerprint density at radius 2 is 2.38 bits per heavy atom. The SMILES string of the molecule is CC1CCCC(CNC(C)c2cccs2)C1. The Kier molecular flexibility index (Phi) is 4.42. The monoisotopic (exact) mass is 237 g/mol. The summed E-state index contributed by atoms with van der Waals surface area (Å²) in [6.45, 7) is 5.87. The maximum absolute atomic E-state index is 3.69. The van der Waals surface area contributed by atoms with Crippen LogP contribution in [0.15, 0.2) is 17.5 Å². The molecule has 1 nitrogen and oxygen atoms in total. The smallest absolute Gasteiger partial charge is 0.0386 e. The minimum Gasteiger partial charge on any atom is -0.309 e. The van der Waals surface area contributed by atoms with Crippen molar-refractivity contribution < 1.29 is 0 Å². The highest BCUT2D eigenvalue weighted by Crippen LogP contribution is 2.28. The first-order valence-corrected chi connectivity index (χ1v) is 7.40. The van der Waals surface area contributed by atoms with Gasteiger partial charge in [-0.05, 0) is 49.6 Å². The van der Waals surface area contributed by atoms with Crippen molar-refractivity contribution in [3.05, 3.63) is 22.4 Å². The van der Waals surface area contributed by atoms with Crippen molar-refractivity contribution in [2.75, 3.05) is 6.54 Å². The van der Waals surface area contributed by atoms with E-state index in [-0.39, 0.29) is 0 Å². The largest absolute Gasteiger partial charge is 0.309 e. The van der Waals surface area contributed by atoms with Gasteiger partial charge in [-0.15, -0.1) is 11.3 Å². The lowest BCUT2D eigenvalue weighted by Crippen LogP contribution is -2.28. The van der Waals surface area contributed by atoms with Crippen LogP contribution in [0.2, 0.25) is 0 Å². The van der Waals surface area contributed by atoms with Crippen molar-refractivity contribution in [1.29, 1.82) is 0 Å². The summed E-state index contributed by atoms with van der Waals surface area (Å²) >= 11 is 1.86. The number of nitrogens with one attached hydrogen (secondary N) is 1. The molecule has 3 atom stereocenters. The topological polar surface area (TPSA) is 12.0 Å². The van der Waals surface area contributed by atoms with E-state index in [0.29, 0.717) is 6.04 Å². The van der Waals surface area contributed by atoms with E-state index in [4.69, 9.17) is 0 Å². The van der Waals surface area contributed by atoms with E-state index < -0.39 is 0 Å². The highest BCUT2D eigenvalue weighted by Gasteiger charge is 2.19. The Labute approximate surface area is 103 Å². The van der Waals surface area contributed by atoms with Crippen molar-refractivity contribution in [3.63, 3.8) is 0 Å². The number of hydrogen-bond acceptors (Lipinski definition) is 2. The van der Waals surface area contributed by atoms with Crippen LogP contribution in [-0.4, -0.2) is 6.54 Å². The van der Waals surface area contributed by atoms with Crippen molar-refractivity contribution in [2.45, 2.75) is 45.6 Å². The average Bonchev–Trinajstić information content (AvgIpc) is 2.79. The lowest BCUT2D eigenvalue weighted by molar-refractivity contribution is 0.269. The molecule has 2 rings (SSSR count). The maximum Gasteiger partial charge on any atom is 0.0386 e. The molecule has 2 heteroatoms. The molecule has 1 fully saturated rings. The van der Waals surface area contributed by atoms with Crippen LogP contribution in [-0.2, 0) is 0 Å². The van der Waals surface area contributed by atoms with E-state index in [1.807, 2.05) is 11.3 Å². The fourth-order valence-corrected chi connectivity index (χ4v) is 3.49. The van der Waals surface area contributed by atoms with Crippen LogP contribution in [0.25, 0.3) is 0 Å². The van der Waals surface area contributed by atoms with Gasteiger partial charge in [0, 0.05) is 10.9 Å². The summed E-state index contributed by atoms with van der Waals surface area (Å²) in [4.78, 5) is 1.46. The van der Waals surface area contributed by atoms with E-state index in [1.54, 1.807) is 0 Å². The first-order chi connectivity index (χ1) is 7.75. The zero-order valence-electron chi connectivity index (χ0n) is 10.4. The van der Waals surface area contributed by atoms with E-state index in [1.165, 1.54) is 37.1 Å². The summed E-state index contributed by atoms with van der Waals surface area (Å²) in [6.07, 6.45) is 5.72. The Balaban J connectivity index is 1.74. The normalized spacial score (nSPS) is 27.9. The van der Waals surface area contributed by atoms with Crippen molar-refractivity contribution in [2.24, 2.45) is 11.8 Å². The highest BCUT2D eigenvalue weighted by atomic mass is 32.1. The van der Waals surface area contributed by atoms with E-state index in [2.05, 4.69) is 36.7 Å². The Hall–Kier alpha value is -0.340. The summed E-state index contributed by atoms with van der Waals surface area (Å²) in [7, 11) is 0.